The van der Waals surface area contributed by atoms with E-state index in [1.807, 2.05) is 0 Å². The summed E-state index contributed by atoms with van der Waals surface area (Å²) in [6, 6.07) is 0.225. The van der Waals surface area contributed by atoms with Crippen molar-refractivity contribution in [3.63, 3.8) is 0 Å². The second-order valence-corrected chi connectivity index (χ2v) is 4.22. The summed E-state index contributed by atoms with van der Waals surface area (Å²) in [4.78, 5) is 3.28. The molecule has 0 saturated carbocycles. The molecule has 1 aromatic carbocycles. The molecular formula is C11H12F4N2. The van der Waals surface area contributed by atoms with Crippen molar-refractivity contribution in [2.75, 3.05) is 27.2 Å². The van der Waals surface area contributed by atoms with Crippen LogP contribution < -0.4 is 0 Å². The molecule has 0 unspecified atom stereocenters. The summed E-state index contributed by atoms with van der Waals surface area (Å²) >= 11 is 0. The molecule has 0 bridgehead atoms. The van der Waals surface area contributed by atoms with Gasteiger partial charge in [0.1, 0.15) is 0 Å². The van der Waals surface area contributed by atoms with Crippen molar-refractivity contribution in [2.45, 2.75) is 6.17 Å². The Morgan fingerprint density at radius 1 is 0.941 bits per heavy atom. The van der Waals surface area contributed by atoms with Crippen LogP contribution in [0.3, 0.4) is 0 Å². The first-order valence-corrected chi connectivity index (χ1v) is 5.17. The van der Waals surface area contributed by atoms with E-state index >= 15 is 0 Å². The van der Waals surface area contributed by atoms with Crippen molar-refractivity contribution in [3.05, 3.63) is 34.9 Å². The highest BCUT2D eigenvalue weighted by molar-refractivity contribution is 5.26. The minimum absolute atomic E-state index is 0.225. The third kappa shape index (κ3) is 1.91. The van der Waals surface area contributed by atoms with Crippen LogP contribution in [0.1, 0.15) is 11.7 Å². The zero-order chi connectivity index (χ0) is 12.7. The summed E-state index contributed by atoms with van der Waals surface area (Å²) in [7, 11) is 3.30. The fourth-order valence-corrected chi connectivity index (χ4v) is 2.16. The predicted molar refractivity (Wildman–Crippen MR) is 54.3 cm³/mol. The van der Waals surface area contributed by atoms with Gasteiger partial charge >= 0.3 is 0 Å². The van der Waals surface area contributed by atoms with E-state index in [9.17, 15) is 17.6 Å². The van der Waals surface area contributed by atoms with Crippen molar-refractivity contribution in [1.82, 2.24) is 9.80 Å². The fourth-order valence-electron chi connectivity index (χ4n) is 2.16. The summed E-state index contributed by atoms with van der Waals surface area (Å²) in [5.41, 5.74) is -0.565. The smallest absolute Gasteiger partial charge is 0.168 e. The van der Waals surface area contributed by atoms with Gasteiger partial charge in [-0.15, -0.1) is 0 Å². The van der Waals surface area contributed by atoms with Gasteiger partial charge in [0.2, 0.25) is 0 Å². The number of hydrogen-bond acceptors (Lipinski definition) is 2. The normalized spacial score (nSPS) is 19.2. The highest BCUT2D eigenvalue weighted by atomic mass is 19.2. The Balaban J connectivity index is 2.58. The van der Waals surface area contributed by atoms with Gasteiger partial charge < -0.3 is 0 Å². The third-order valence-corrected chi connectivity index (χ3v) is 3.04. The Labute approximate surface area is 96.4 Å². The number of benzene rings is 1. The number of likely N-dealkylation sites (N-methyl/N-ethyl adjacent to an activating group) is 2. The average Bonchev–Trinajstić information content (AvgIpc) is 2.58. The van der Waals surface area contributed by atoms with Gasteiger partial charge in [-0.2, -0.15) is 0 Å². The van der Waals surface area contributed by atoms with Crippen LogP contribution in [0.4, 0.5) is 17.6 Å². The summed E-state index contributed by atoms with van der Waals surface area (Å²) in [5, 5.41) is 0. The quantitative estimate of drug-likeness (QED) is 0.555. The predicted octanol–water partition coefficient (Wildman–Crippen LogP) is 2.12. The lowest BCUT2D eigenvalue weighted by molar-refractivity contribution is 0.176. The first kappa shape index (κ1) is 12.3. The number of nitrogens with zero attached hydrogens (tertiary/aromatic N) is 2. The van der Waals surface area contributed by atoms with Gasteiger partial charge in [0.25, 0.3) is 0 Å². The summed E-state index contributed by atoms with van der Waals surface area (Å²) in [6.45, 7) is 1.16. The highest BCUT2D eigenvalue weighted by Crippen LogP contribution is 2.32. The van der Waals surface area contributed by atoms with Gasteiger partial charge in [-0.3, -0.25) is 9.80 Å². The molecule has 0 radical (unpaired) electrons. The maximum absolute atomic E-state index is 13.6. The Hall–Kier alpha value is -1.14. The third-order valence-electron chi connectivity index (χ3n) is 3.04. The largest absolute Gasteiger partial charge is 0.286 e. The van der Waals surface area contributed by atoms with Gasteiger partial charge in [0.15, 0.2) is 23.3 Å². The molecular weight excluding hydrogens is 236 g/mol. The lowest BCUT2D eigenvalue weighted by Crippen LogP contribution is -2.28. The van der Waals surface area contributed by atoms with E-state index in [0.29, 0.717) is 13.1 Å². The fraction of sp³-hybridized carbons (Fsp3) is 0.455. The van der Waals surface area contributed by atoms with Crippen LogP contribution in [0.25, 0.3) is 0 Å². The molecule has 1 heterocycles. The van der Waals surface area contributed by atoms with Crippen molar-refractivity contribution >= 4 is 0 Å². The van der Waals surface area contributed by atoms with E-state index in [0.717, 1.165) is 0 Å². The van der Waals surface area contributed by atoms with Crippen molar-refractivity contribution in [1.29, 1.82) is 0 Å². The van der Waals surface area contributed by atoms with Crippen molar-refractivity contribution in [3.8, 4) is 0 Å². The molecule has 0 atom stereocenters. The van der Waals surface area contributed by atoms with Gasteiger partial charge in [0, 0.05) is 19.2 Å². The molecule has 1 fully saturated rings. The van der Waals surface area contributed by atoms with Gasteiger partial charge in [-0.1, -0.05) is 0 Å². The molecule has 17 heavy (non-hydrogen) atoms. The van der Waals surface area contributed by atoms with Crippen LogP contribution in [0.2, 0.25) is 0 Å². The van der Waals surface area contributed by atoms with Crippen LogP contribution in [-0.2, 0) is 0 Å². The average molecular weight is 248 g/mol. The van der Waals surface area contributed by atoms with E-state index in [4.69, 9.17) is 0 Å². The molecule has 2 nitrogen and oxygen atoms in total. The van der Waals surface area contributed by atoms with Crippen LogP contribution >= 0.6 is 0 Å². The SMILES string of the molecule is CN1CCN(C)C1c1c(F)c(F)cc(F)c1F. The van der Waals surface area contributed by atoms with Crippen LogP contribution in [-0.4, -0.2) is 37.0 Å². The van der Waals surface area contributed by atoms with Crippen LogP contribution in [0, 0.1) is 23.3 Å². The van der Waals surface area contributed by atoms with E-state index in [2.05, 4.69) is 0 Å². The molecule has 6 heteroatoms. The Bertz CT molecular complexity index is 413. The highest BCUT2D eigenvalue weighted by Gasteiger charge is 2.34. The van der Waals surface area contributed by atoms with Crippen LogP contribution in [0.15, 0.2) is 6.07 Å². The van der Waals surface area contributed by atoms with E-state index in [1.54, 1.807) is 23.9 Å². The molecule has 2 rings (SSSR count). The number of rotatable bonds is 1. The summed E-state index contributed by atoms with van der Waals surface area (Å²) in [6.07, 6.45) is -0.778. The second kappa shape index (κ2) is 4.27. The van der Waals surface area contributed by atoms with E-state index in [-0.39, 0.29) is 6.07 Å². The molecule has 94 valence electrons. The van der Waals surface area contributed by atoms with E-state index in [1.165, 1.54) is 0 Å². The standard InChI is InChI=1S/C11H12F4N2/c1-16-3-4-17(2)11(16)8-9(14)6(12)5-7(13)10(8)15/h5,11H,3-4H2,1-2H3. The number of hydrogen-bond donors (Lipinski definition) is 0. The molecule has 1 saturated heterocycles. The summed E-state index contributed by atoms with van der Waals surface area (Å²) in [5.74, 6) is -5.38. The zero-order valence-corrected chi connectivity index (χ0v) is 9.48. The minimum Gasteiger partial charge on any atom is -0.286 e. The maximum Gasteiger partial charge on any atom is 0.168 e. The molecule has 1 aliphatic heterocycles. The first-order chi connectivity index (χ1) is 7.93. The van der Waals surface area contributed by atoms with Crippen molar-refractivity contribution < 1.29 is 17.6 Å². The summed E-state index contributed by atoms with van der Waals surface area (Å²) < 4.78 is 53.4. The van der Waals surface area contributed by atoms with Crippen LogP contribution in [0.5, 0.6) is 0 Å². The second-order valence-electron chi connectivity index (χ2n) is 4.22. The van der Waals surface area contributed by atoms with Gasteiger partial charge in [-0.05, 0) is 14.1 Å². The van der Waals surface area contributed by atoms with Crippen molar-refractivity contribution in [2.24, 2.45) is 0 Å². The molecule has 1 aromatic rings. The minimum atomic E-state index is -1.37. The van der Waals surface area contributed by atoms with Gasteiger partial charge in [-0.25, -0.2) is 17.6 Å². The molecule has 0 aromatic heterocycles. The Kier molecular flexibility index (Phi) is 3.09. The lowest BCUT2D eigenvalue weighted by atomic mass is 10.1. The topological polar surface area (TPSA) is 6.48 Å². The lowest BCUT2D eigenvalue weighted by Gasteiger charge is -2.26. The van der Waals surface area contributed by atoms with Gasteiger partial charge in [0.05, 0.1) is 11.7 Å². The molecule has 0 aliphatic carbocycles. The number of halogens is 4. The monoisotopic (exact) mass is 248 g/mol. The zero-order valence-electron chi connectivity index (χ0n) is 9.48. The molecule has 1 aliphatic rings. The van der Waals surface area contributed by atoms with E-state index < -0.39 is 35.0 Å². The maximum atomic E-state index is 13.6. The molecule has 0 amide bonds. The Morgan fingerprint density at radius 3 is 1.76 bits per heavy atom. The first-order valence-electron chi connectivity index (χ1n) is 5.17. The Morgan fingerprint density at radius 2 is 1.35 bits per heavy atom. The molecule has 0 spiro atoms. The molecule has 0 N–H and O–H groups in total.